The second kappa shape index (κ2) is 4.53. The summed E-state index contributed by atoms with van der Waals surface area (Å²) in [4.78, 5) is 12.1. The summed E-state index contributed by atoms with van der Waals surface area (Å²) in [5.41, 5.74) is 5.23. The Kier molecular flexibility index (Phi) is 3.55. The molecule has 1 rings (SSSR count). The Morgan fingerprint density at radius 1 is 1.19 bits per heavy atom. The van der Waals surface area contributed by atoms with Gasteiger partial charge in [-0.15, -0.1) is 0 Å². The highest BCUT2D eigenvalue weighted by Crippen LogP contribution is 2.30. The lowest BCUT2D eigenvalue weighted by atomic mass is 9.93. The van der Waals surface area contributed by atoms with Crippen LogP contribution in [-0.4, -0.2) is 25.5 Å². The molecule has 0 aromatic heterocycles. The number of hydrogen-bond donors (Lipinski definition) is 1. The first-order valence-electron chi connectivity index (χ1n) is 4.96. The molecule has 0 bridgehead atoms. The standard InChI is InChI=1S/C12H17NO3/c1-12(2,13)11(14)10-8(15-3)6-5-7-9(10)16-4/h5-7H,13H2,1-4H3. The van der Waals surface area contributed by atoms with E-state index in [0.717, 1.165) is 0 Å². The molecule has 16 heavy (non-hydrogen) atoms. The molecule has 0 atom stereocenters. The number of Topliss-reactive ketones (excluding diaryl/α,β-unsaturated/α-hetero) is 1. The number of benzene rings is 1. The third-order valence-corrected chi connectivity index (χ3v) is 2.24. The molecular formula is C12H17NO3. The molecule has 0 spiro atoms. The van der Waals surface area contributed by atoms with Crippen molar-refractivity contribution in [3.8, 4) is 11.5 Å². The highest BCUT2D eigenvalue weighted by atomic mass is 16.5. The predicted octanol–water partition coefficient (Wildman–Crippen LogP) is 1.62. The van der Waals surface area contributed by atoms with E-state index in [1.54, 1.807) is 32.0 Å². The monoisotopic (exact) mass is 223 g/mol. The number of ether oxygens (including phenoxy) is 2. The fraction of sp³-hybridized carbons (Fsp3) is 0.417. The van der Waals surface area contributed by atoms with E-state index in [1.165, 1.54) is 14.2 Å². The fourth-order valence-electron chi connectivity index (χ4n) is 1.40. The third-order valence-electron chi connectivity index (χ3n) is 2.24. The van der Waals surface area contributed by atoms with Crippen molar-refractivity contribution < 1.29 is 14.3 Å². The molecule has 0 saturated heterocycles. The van der Waals surface area contributed by atoms with Crippen molar-refractivity contribution >= 4 is 5.78 Å². The van der Waals surface area contributed by atoms with Crippen LogP contribution in [0.4, 0.5) is 0 Å². The highest BCUT2D eigenvalue weighted by molar-refractivity contribution is 6.06. The maximum absolute atomic E-state index is 12.1. The van der Waals surface area contributed by atoms with Gasteiger partial charge in [-0.25, -0.2) is 0 Å². The van der Waals surface area contributed by atoms with Crippen LogP contribution in [-0.2, 0) is 0 Å². The van der Waals surface area contributed by atoms with Gasteiger partial charge < -0.3 is 15.2 Å². The number of carbonyl (C=O) groups excluding carboxylic acids is 1. The Bertz CT molecular complexity index is 371. The molecule has 1 aromatic rings. The summed E-state index contributed by atoms with van der Waals surface area (Å²) in [6.07, 6.45) is 0. The summed E-state index contributed by atoms with van der Waals surface area (Å²) >= 11 is 0. The average Bonchev–Trinajstić information content (AvgIpc) is 2.25. The number of nitrogens with two attached hydrogens (primary N) is 1. The van der Waals surface area contributed by atoms with E-state index >= 15 is 0 Å². The molecule has 0 saturated carbocycles. The van der Waals surface area contributed by atoms with Crippen LogP contribution < -0.4 is 15.2 Å². The lowest BCUT2D eigenvalue weighted by Gasteiger charge is -2.20. The van der Waals surface area contributed by atoms with Gasteiger partial charge in [-0.1, -0.05) is 6.07 Å². The molecular weight excluding hydrogens is 206 g/mol. The van der Waals surface area contributed by atoms with E-state index < -0.39 is 5.54 Å². The van der Waals surface area contributed by atoms with Crippen LogP contribution in [0.3, 0.4) is 0 Å². The van der Waals surface area contributed by atoms with Gasteiger partial charge >= 0.3 is 0 Å². The zero-order valence-electron chi connectivity index (χ0n) is 10.0. The van der Waals surface area contributed by atoms with Crippen molar-refractivity contribution in [3.05, 3.63) is 23.8 Å². The maximum atomic E-state index is 12.1. The van der Waals surface area contributed by atoms with E-state index in [1.807, 2.05) is 0 Å². The van der Waals surface area contributed by atoms with Gasteiger partial charge in [0, 0.05) is 0 Å². The number of rotatable bonds is 4. The zero-order valence-corrected chi connectivity index (χ0v) is 10.0. The molecule has 0 fully saturated rings. The molecule has 4 heteroatoms. The van der Waals surface area contributed by atoms with Gasteiger partial charge in [0.05, 0.1) is 19.8 Å². The zero-order chi connectivity index (χ0) is 12.3. The molecule has 0 heterocycles. The molecule has 0 aliphatic heterocycles. The smallest absolute Gasteiger partial charge is 0.189 e. The van der Waals surface area contributed by atoms with Crippen molar-refractivity contribution in [2.75, 3.05) is 14.2 Å². The molecule has 1 aromatic carbocycles. The SMILES string of the molecule is COc1cccc(OC)c1C(=O)C(C)(C)N. The first-order chi connectivity index (χ1) is 7.41. The van der Waals surface area contributed by atoms with Gasteiger partial charge in [0.25, 0.3) is 0 Å². The summed E-state index contributed by atoms with van der Waals surface area (Å²) in [7, 11) is 3.02. The normalized spacial score (nSPS) is 11.1. The van der Waals surface area contributed by atoms with Gasteiger partial charge in [-0.05, 0) is 26.0 Å². The van der Waals surface area contributed by atoms with Crippen molar-refractivity contribution in [1.82, 2.24) is 0 Å². The van der Waals surface area contributed by atoms with E-state index in [-0.39, 0.29) is 5.78 Å². The van der Waals surface area contributed by atoms with Gasteiger partial charge in [-0.3, -0.25) is 4.79 Å². The summed E-state index contributed by atoms with van der Waals surface area (Å²) in [5.74, 6) is 0.743. The van der Waals surface area contributed by atoms with Crippen LogP contribution in [0.15, 0.2) is 18.2 Å². The summed E-state index contributed by atoms with van der Waals surface area (Å²) in [5, 5.41) is 0. The first kappa shape index (κ1) is 12.5. The average molecular weight is 223 g/mol. The van der Waals surface area contributed by atoms with Crippen molar-refractivity contribution in [2.24, 2.45) is 5.73 Å². The van der Waals surface area contributed by atoms with E-state index in [0.29, 0.717) is 17.1 Å². The minimum atomic E-state index is -0.956. The second-order valence-corrected chi connectivity index (χ2v) is 4.09. The molecule has 0 aliphatic rings. The largest absolute Gasteiger partial charge is 0.496 e. The molecule has 0 aliphatic carbocycles. The minimum absolute atomic E-state index is 0.207. The summed E-state index contributed by atoms with van der Waals surface area (Å²) in [6.45, 7) is 3.31. The van der Waals surface area contributed by atoms with Crippen LogP contribution in [0.2, 0.25) is 0 Å². The lowest BCUT2D eigenvalue weighted by Crippen LogP contribution is -2.41. The third kappa shape index (κ3) is 2.33. The van der Waals surface area contributed by atoms with Crippen molar-refractivity contribution in [1.29, 1.82) is 0 Å². The topological polar surface area (TPSA) is 61.5 Å². The molecule has 4 nitrogen and oxygen atoms in total. The van der Waals surface area contributed by atoms with Crippen LogP contribution in [0.1, 0.15) is 24.2 Å². The van der Waals surface area contributed by atoms with Gasteiger partial charge in [0.2, 0.25) is 0 Å². The quantitative estimate of drug-likeness (QED) is 0.788. The Hall–Kier alpha value is -1.55. The van der Waals surface area contributed by atoms with E-state index in [9.17, 15) is 4.79 Å². The summed E-state index contributed by atoms with van der Waals surface area (Å²) < 4.78 is 10.3. The predicted molar refractivity (Wildman–Crippen MR) is 62.1 cm³/mol. The van der Waals surface area contributed by atoms with Gasteiger partial charge in [-0.2, -0.15) is 0 Å². The maximum Gasteiger partial charge on any atom is 0.189 e. The number of ketones is 1. The van der Waals surface area contributed by atoms with E-state index in [4.69, 9.17) is 15.2 Å². The minimum Gasteiger partial charge on any atom is -0.496 e. The molecule has 2 N–H and O–H groups in total. The Morgan fingerprint density at radius 2 is 1.62 bits per heavy atom. The molecule has 0 amide bonds. The molecule has 0 radical (unpaired) electrons. The summed E-state index contributed by atoms with van der Waals surface area (Å²) in [6, 6.07) is 5.18. The Balaban J connectivity index is 3.34. The van der Waals surface area contributed by atoms with Crippen LogP contribution in [0, 0.1) is 0 Å². The van der Waals surface area contributed by atoms with Gasteiger partial charge in [0.1, 0.15) is 17.1 Å². The molecule has 88 valence electrons. The highest BCUT2D eigenvalue weighted by Gasteiger charge is 2.29. The second-order valence-electron chi connectivity index (χ2n) is 4.09. The molecule has 0 unspecified atom stereocenters. The number of methoxy groups -OCH3 is 2. The van der Waals surface area contributed by atoms with Crippen molar-refractivity contribution in [3.63, 3.8) is 0 Å². The van der Waals surface area contributed by atoms with Crippen LogP contribution in [0.25, 0.3) is 0 Å². The number of hydrogen-bond acceptors (Lipinski definition) is 4. The van der Waals surface area contributed by atoms with Crippen molar-refractivity contribution in [2.45, 2.75) is 19.4 Å². The first-order valence-corrected chi connectivity index (χ1v) is 4.96. The van der Waals surface area contributed by atoms with Crippen LogP contribution in [0.5, 0.6) is 11.5 Å². The van der Waals surface area contributed by atoms with E-state index in [2.05, 4.69) is 0 Å². The lowest BCUT2D eigenvalue weighted by molar-refractivity contribution is 0.0907. The Labute approximate surface area is 95.3 Å². The number of carbonyl (C=O) groups is 1. The Morgan fingerprint density at radius 3 is 1.94 bits per heavy atom. The van der Waals surface area contributed by atoms with Crippen LogP contribution >= 0.6 is 0 Å². The fourth-order valence-corrected chi connectivity index (χ4v) is 1.40. The van der Waals surface area contributed by atoms with Gasteiger partial charge in [0.15, 0.2) is 5.78 Å².